The first-order valence-electron chi connectivity index (χ1n) is 9.83. The molecule has 3 N–H and O–H groups in total. The number of carbonyl (C=O) groups excluding carboxylic acids is 1. The van der Waals surface area contributed by atoms with E-state index in [4.69, 9.17) is 0 Å². The first-order chi connectivity index (χ1) is 16.1. The fourth-order valence-electron chi connectivity index (χ4n) is 3.88. The van der Waals surface area contributed by atoms with E-state index in [0.29, 0.717) is 16.5 Å². The molecule has 34 heavy (non-hydrogen) atoms. The van der Waals surface area contributed by atoms with Gasteiger partial charge >= 0.3 is 18.1 Å². The highest BCUT2D eigenvalue weighted by Crippen LogP contribution is 2.39. The Kier molecular flexibility index (Phi) is 4.67. The monoisotopic (exact) mass is 466 g/mol. The molecule has 0 spiro atoms. The van der Waals surface area contributed by atoms with Crippen LogP contribution < -0.4 is 4.74 Å². The fourth-order valence-corrected chi connectivity index (χ4v) is 3.88. The predicted molar refractivity (Wildman–Crippen MR) is 117 cm³/mol. The Hall–Kier alpha value is -4.60. The topological polar surface area (TPSA) is 113 Å². The number of fused-ring (bicyclic) bond motifs is 4. The highest BCUT2D eigenvalue weighted by Gasteiger charge is 2.41. The number of rotatable bonds is 3. The van der Waals surface area contributed by atoms with Crippen LogP contribution in [0.3, 0.4) is 0 Å². The number of H-pyrrole nitrogens is 1. The lowest BCUT2D eigenvalue weighted by atomic mass is 10.0. The van der Waals surface area contributed by atoms with Gasteiger partial charge in [-0.05, 0) is 40.4 Å². The number of imidazole rings is 1. The molecule has 170 valence electrons. The summed E-state index contributed by atoms with van der Waals surface area (Å²) in [5.74, 6) is -4.33. The number of aromatic hydroxyl groups is 1. The number of alkyl halides is 3. The minimum atomic E-state index is -5.29. The lowest BCUT2D eigenvalue weighted by molar-refractivity contribution is -0.189. The number of nitrogens with zero attached hydrogens (tertiary/aromatic N) is 1. The van der Waals surface area contributed by atoms with E-state index in [1.807, 2.05) is 12.1 Å². The number of nitrogens with one attached hydrogen (secondary N) is 1. The Morgan fingerprint density at radius 3 is 2.44 bits per heavy atom. The van der Waals surface area contributed by atoms with Crippen molar-refractivity contribution in [1.82, 2.24) is 9.97 Å². The van der Waals surface area contributed by atoms with Gasteiger partial charge in [0.05, 0.1) is 22.0 Å². The highest BCUT2D eigenvalue weighted by molar-refractivity contribution is 6.12. The van der Waals surface area contributed by atoms with Crippen molar-refractivity contribution in [2.45, 2.75) is 6.18 Å². The number of benzene rings is 4. The van der Waals surface area contributed by atoms with Gasteiger partial charge in [0, 0.05) is 0 Å². The normalized spacial score (nSPS) is 11.9. The number of aromatic carboxylic acids is 1. The summed E-state index contributed by atoms with van der Waals surface area (Å²) in [6.07, 6.45) is -5.29. The number of aromatic nitrogens is 2. The summed E-state index contributed by atoms with van der Waals surface area (Å²) in [6, 6.07) is 15.6. The van der Waals surface area contributed by atoms with Crippen LogP contribution in [0.2, 0.25) is 0 Å². The maximum Gasteiger partial charge on any atom is 0.491 e. The largest absolute Gasteiger partial charge is 0.507 e. The Labute approximate surface area is 188 Å². The maximum atomic E-state index is 12.9. The van der Waals surface area contributed by atoms with E-state index in [1.54, 1.807) is 24.3 Å². The van der Waals surface area contributed by atoms with Crippen LogP contribution in [0.4, 0.5) is 13.2 Å². The van der Waals surface area contributed by atoms with Crippen LogP contribution in [0.15, 0.2) is 60.7 Å². The lowest BCUT2D eigenvalue weighted by Crippen LogP contribution is -2.28. The number of carboxylic acid groups (broad SMARTS) is 1. The number of phenolic OH excluding ortho intramolecular Hbond substituents is 1. The minimum Gasteiger partial charge on any atom is -0.507 e. The number of halogens is 3. The van der Waals surface area contributed by atoms with Gasteiger partial charge in [-0.2, -0.15) is 13.2 Å². The van der Waals surface area contributed by atoms with Crippen molar-refractivity contribution < 1.29 is 37.7 Å². The molecule has 7 nitrogen and oxygen atoms in total. The van der Waals surface area contributed by atoms with Crippen molar-refractivity contribution >= 4 is 44.5 Å². The minimum absolute atomic E-state index is 0.0160. The van der Waals surface area contributed by atoms with Gasteiger partial charge in [-0.25, -0.2) is 14.6 Å². The summed E-state index contributed by atoms with van der Waals surface area (Å²) < 4.78 is 43.2. The van der Waals surface area contributed by atoms with Crippen LogP contribution in [0.25, 0.3) is 44.0 Å². The molecule has 1 aromatic heterocycles. The molecule has 0 fully saturated rings. The van der Waals surface area contributed by atoms with Crippen LogP contribution >= 0.6 is 0 Å². The van der Waals surface area contributed by atoms with Gasteiger partial charge in [-0.3, -0.25) is 0 Å². The maximum absolute atomic E-state index is 12.9. The second kappa shape index (κ2) is 7.48. The van der Waals surface area contributed by atoms with E-state index < -0.39 is 23.9 Å². The Balaban J connectivity index is 1.80. The molecule has 0 radical (unpaired) electrons. The summed E-state index contributed by atoms with van der Waals surface area (Å²) in [5.41, 5.74) is 0.529. The molecule has 0 saturated heterocycles. The third-order valence-electron chi connectivity index (χ3n) is 5.36. The highest BCUT2D eigenvalue weighted by atomic mass is 19.4. The summed E-state index contributed by atoms with van der Waals surface area (Å²) >= 11 is 0. The second-order valence-corrected chi connectivity index (χ2v) is 7.49. The van der Waals surface area contributed by atoms with Crippen molar-refractivity contribution in [1.29, 1.82) is 0 Å². The SMILES string of the molecule is O=C(O)c1cc(OC(=O)C(F)(F)F)c2c(ccc3[nH]c(-c4c(O)ccc5ccccc45)nc32)c1. The van der Waals surface area contributed by atoms with Gasteiger partial charge in [0.2, 0.25) is 0 Å². The molecule has 0 bridgehead atoms. The van der Waals surface area contributed by atoms with Crippen molar-refractivity contribution in [2.75, 3.05) is 0 Å². The van der Waals surface area contributed by atoms with E-state index in [1.165, 1.54) is 18.2 Å². The van der Waals surface area contributed by atoms with Crippen LogP contribution in [0.1, 0.15) is 10.4 Å². The standard InChI is InChI=1S/C24H13F3N2O5/c25-24(26,27)23(33)34-17-10-13(22(31)32)9-12-5-7-15-20(18(12)17)29-21(28-15)19-14-4-2-1-3-11(14)6-8-16(19)30/h1-10,30H,(H,28,29)(H,31,32). The first kappa shape index (κ1) is 21.3. The molecular weight excluding hydrogens is 453 g/mol. The molecule has 0 saturated carbocycles. The van der Waals surface area contributed by atoms with E-state index in [0.717, 1.165) is 11.5 Å². The molecule has 10 heteroatoms. The van der Waals surface area contributed by atoms with Gasteiger partial charge in [0.15, 0.2) is 0 Å². The van der Waals surface area contributed by atoms with Crippen molar-refractivity contribution in [3.63, 3.8) is 0 Å². The smallest absolute Gasteiger partial charge is 0.491 e. The van der Waals surface area contributed by atoms with Gasteiger partial charge in [-0.1, -0.05) is 36.4 Å². The Bertz CT molecular complexity index is 1640. The molecular formula is C24H13F3N2O5. The third kappa shape index (κ3) is 3.45. The number of esters is 1. The molecule has 0 unspecified atom stereocenters. The second-order valence-electron chi connectivity index (χ2n) is 7.49. The summed E-state index contributed by atoms with van der Waals surface area (Å²) in [7, 11) is 0. The summed E-state index contributed by atoms with van der Waals surface area (Å²) in [6.45, 7) is 0. The number of hydrogen-bond acceptors (Lipinski definition) is 5. The van der Waals surface area contributed by atoms with E-state index in [2.05, 4.69) is 14.7 Å². The Morgan fingerprint density at radius 1 is 0.971 bits per heavy atom. The van der Waals surface area contributed by atoms with E-state index in [9.17, 15) is 33.0 Å². The molecule has 4 aromatic carbocycles. The van der Waals surface area contributed by atoms with Gasteiger partial charge in [0.25, 0.3) is 0 Å². The predicted octanol–water partition coefficient (Wildman–Crippen LogP) is 5.41. The lowest BCUT2D eigenvalue weighted by Gasteiger charge is -2.11. The van der Waals surface area contributed by atoms with Crippen LogP contribution in [0, 0.1) is 0 Å². The molecule has 0 aliphatic heterocycles. The quantitative estimate of drug-likeness (QED) is 0.242. The number of aromatic amines is 1. The van der Waals surface area contributed by atoms with Crippen LogP contribution in [0.5, 0.6) is 11.5 Å². The van der Waals surface area contributed by atoms with Gasteiger partial charge in [0.1, 0.15) is 22.8 Å². The van der Waals surface area contributed by atoms with Crippen molar-refractivity contribution in [2.24, 2.45) is 0 Å². The molecule has 0 amide bonds. The summed E-state index contributed by atoms with van der Waals surface area (Å²) in [4.78, 5) is 30.6. The number of hydrogen-bond donors (Lipinski definition) is 3. The zero-order valence-electron chi connectivity index (χ0n) is 17.0. The fraction of sp³-hybridized carbons (Fsp3) is 0.0417. The first-order valence-corrected chi connectivity index (χ1v) is 9.83. The average Bonchev–Trinajstić information content (AvgIpc) is 3.21. The molecule has 5 aromatic rings. The molecule has 1 heterocycles. The van der Waals surface area contributed by atoms with Crippen molar-refractivity contribution in [3.8, 4) is 22.9 Å². The zero-order valence-corrected chi connectivity index (χ0v) is 17.0. The molecule has 5 rings (SSSR count). The van der Waals surface area contributed by atoms with Gasteiger partial charge < -0.3 is 19.9 Å². The van der Waals surface area contributed by atoms with Crippen LogP contribution in [-0.4, -0.2) is 38.3 Å². The number of ether oxygens (including phenoxy) is 1. The molecule has 0 aliphatic rings. The average molecular weight is 466 g/mol. The van der Waals surface area contributed by atoms with Crippen molar-refractivity contribution in [3.05, 3.63) is 66.2 Å². The van der Waals surface area contributed by atoms with E-state index >= 15 is 0 Å². The Morgan fingerprint density at radius 2 is 1.71 bits per heavy atom. The third-order valence-corrected chi connectivity index (χ3v) is 5.36. The molecule has 0 atom stereocenters. The van der Waals surface area contributed by atoms with Crippen LogP contribution in [-0.2, 0) is 4.79 Å². The zero-order chi connectivity index (χ0) is 24.2. The molecule has 0 aliphatic carbocycles. The number of carbonyl (C=O) groups is 2. The summed E-state index contributed by atoms with van der Waals surface area (Å²) in [5, 5.41) is 21.6. The van der Waals surface area contributed by atoms with Gasteiger partial charge in [-0.15, -0.1) is 0 Å². The number of carboxylic acids is 1. The number of phenols is 1. The van der Waals surface area contributed by atoms with E-state index in [-0.39, 0.29) is 33.4 Å².